The molecule has 2 aromatic carbocycles. The highest BCUT2D eigenvalue weighted by Gasteiger charge is 2.46. The number of anilines is 1. The molecule has 0 bridgehead atoms. The number of benzene rings is 2. The van der Waals surface area contributed by atoms with Gasteiger partial charge in [-0.05, 0) is 37.1 Å². The summed E-state index contributed by atoms with van der Waals surface area (Å²) in [4.78, 5) is 38.8. The lowest BCUT2D eigenvalue weighted by Gasteiger charge is -2.29. The Hall–Kier alpha value is -2.86. The van der Waals surface area contributed by atoms with Gasteiger partial charge in [0.25, 0.3) is 0 Å². The molecule has 0 radical (unpaired) electrons. The highest BCUT2D eigenvalue weighted by molar-refractivity contribution is 6.33. The number of carbonyl (C=O) groups is 3. The average molecular weight is 385 g/mol. The van der Waals surface area contributed by atoms with Crippen LogP contribution in [0.4, 0.5) is 5.69 Å². The van der Waals surface area contributed by atoms with E-state index in [1.807, 2.05) is 13.0 Å². The third-order valence-electron chi connectivity index (χ3n) is 4.86. The zero-order valence-electron chi connectivity index (χ0n) is 14.6. The monoisotopic (exact) mass is 384 g/mol. The molecule has 0 unspecified atom stereocenters. The van der Waals surface area contributed by atoms with Crippen molar-refractivity contribution in [2.75, 3.05) is 5.32 Å². The number of fused-ring (bicyclic) bond motifs is 1. The molecule has 0 saturated carbocycles. The number of likely N-dealkylation sites (tertiary alicyclic amines) is 1. The molecule has 2 heterocycles. The number of nitrogens with zero attached hydrogens (tertiary/aromatic N) is 1. The first-order chi connectivity index (χ1) is 13.0. The molecule has 2 amide bonds. The van der Waals surface area contributed by atoms with E-state index in [0.29, 0.717) is 28.3 Å². The summed E-state index contributed by atoms with van der Waals surface area (Å²) in [5.74, 6) is -1.07. The Morgan fingerprint density at radius 3 is 2.78 bits per heavy atom. The Balaban J connectivity index is 1.60. The van der Waals surface area contributed by atoms with E-state index >= 15 is 0 Å². The van der Waals surface area contributed by atoms with Crippen LogP contribution in [-0.4, -0.2) is 28.7 Å². The van der Waals surface area contributed by atoms with Gasteiger partial charge in [-0.3, -0.25) is 14.5 Å². The predicted molar refractivity (Wildman–Crippen MR) is 99.3 cm³/mol. The molecular weight excluding hydrogens is 368 g/mol. The summed E-state index contributed by atoms with van der Waals surface area (Å²) >= 11 is 6.19. The van der Waals surface area contributed by atoms with Crippen LogP contribution in [0.3, 0.4) is 0 Å². The van der Waals surface area contributed by atoms with Gasteiger partial charge in [0.05, 0.1) is 16.3 Å². The largest absolute Gasteiger partial charge is 0.433 e. The third-order valence-corrected chi connectivity index (χ3v) is 5.17. The normalized spacial score (nSPS) is 21.2. The summed E-state index contributed by atoms with van der Waals surface area (Å²) in [5.41, 5.74) is 2.48. The lowest BCUT2D eigenvalue weighted by atomic mass is 10.1. The van der Waals surface area contributed by atoms with Gasteiger partial charge in [-0.25, -0.2) is 4.79 Å². The lowest BCUT2D eigenvalue weighted by Crippen LogP contribution is -2.43. The number of hydrogen-bond donors (Lipinski definition) is 1. The summed E-state index contributed by atoms with van der Waals surface area (Å²) < 4.78 is 5.42. The Labute approximate surface area is 161 Å². The number of carbonyl (C=O) groups excluding carboxylic acids is 3. The van der Waals surface area contributed by atoms with Crippen LogP contribution in [-0.2, 0) is 14.3 Å². The maximum atomic E-state index is 12.9. The van der Waals surface area contributed by atoms with Crippen molar-refractivity contribution in [3.8, 4) is 0 Å². The summed E-state index contributed by atoms with van der Waals surface area (Å²) in [5, 5.41) is 3.21. The van der Waals surface area contributed by atoms with Gasteiger partial charge in [0, 0.05) is 12.0 Å². The Bertz CT molecular complexity index is 959. The Morgan fingerprint density at radius 2 is 2.00 bits per heavy atom. The lowest BCUT2D eigenvalue weighted by molar-refractivity contribution is -0.144. The first kappa shape index (κ1) is 17.5. The first-order valence-corrected chi connectivity index (χ1v) is 9.01. The van der Waals surface area contributed by atoms with Crippen LogP contribution in [0.2, 0.25) is 5.02 Å². The number of rotatable bonds is 3. The molecule has 27 heavy (non-hydrogen) atoms. The second-order valence-electron chi connectivity index (χ2n) is 6.67. The molecule has 7 heteroatoms. The van der Waals surface area contributed by atoms with Crippen molar-refractivity contribution >= 4 is 35.1 Å². The molecule has 2 aromatic rings. The maximum absolute atomic E-state index is 12.9. The Kier molecular flexibility index (Phi) is 4.36. The van der Waals surface area contributed by atoms with Crippen LogP contribution < -0.4 is 5.32 Å². The van der Waals surface area contributed by atoms with E-state index in [-0.39, 0.29) is 18.2 Å². The highest BCUT2D eigenvalue weighted by Crippen LogP contribution is 2.38. The molecular formula is C20H17ClN2O4. The number of amides is 2. The molecule has 2 atom stereocenters. The fourth-order valence-electron chi connectivity index (χ4n) is 3.52. The minimum absolute atomic E-state index is 0.218. The zero-order chi connectivity index (χ0) is 19.1. The van der Waals surface area contributed by atoms with Crippen molar-refractivity contribution in [1.82, 2.24) is 4.90 Å². The molecule has 138 valence electrons. The van der Waals surface area contributed by atoms with Crippen LogP contribution in [0.5, 0.6) is 0 Å². The molecule has 6 nitrogen and oxygen atoms in total. The van der Waals surface area contributed by atoms with Gasteiger partial charge in [0.2, 0.25) is 18.0 Å². The summed E-state index contributed by atoms with van der Waals surface area (Å²) in [6, 6.07) is 11.5. The van der Waals surface area contributed by atoms with Gasteiger partial charge in [-0.1, -0.05) is 35.9 Å². The first-order valence-electron chi connectivity index (χ1n) is 8.64. The SMILES string of the molecule is Cc1ccc(NC(=O)[C@@H]2CCC(=O)N2[C@H]2OC(=O)c3ccccc32)c(Cl)c1. The van der Waals surface area contributed by atoms with Crippen LogP contribution in [0, 0.1) is 6.92 Å². The summed E-state index contributed by atoms with van der Waals surface area (Å²) in [6.07, 6.45) is -0.312. The molecule has 0 spiro atoms. The second-order valence-corrected chi connectivity index (χ2v) is 7.08. The molecule has 2 aliphatic rings. The number of cyclic esters (lactones) is 1. The van der Waals surface area contributed by atoms with E-state index in [9.17, 15) is 14.4 Å². The van der Waals surface area contributed by atoms with Crippen molar-refractivity contribution in [3.05, 3.63) is 64.2 Å². The number of aryl methyl sites for hydroxylation is 1. The van der Waals surface area contributed by atoms with Gasteiger partial charge in [-0.2, -0.15) is 0 Å². The topological polar surface area (TPSA) is 75.7 Å². The molecule has 1 saturated heterocycles. The van der Waals surface area contributed by atoms with Crippen LogP contribution in [0.25, 0.3) is 0 Å². The van der Waals surface area contributed by atoms with Crippen molar-refractivity contribution in [2.24, 2.45) is 0 Å². The standard InChI is InChI=1S/C20H17ClN2O4/c1-11-6-7-15(14(21)10-11)22-18(25)16-8-9-17(24)23(16)19-12-4-2-3-5-13(12)20(26)27-19/h2-7,10,16,19H,8-9H2,1H3,(H,22,25)/t16-,19-/m0/s1. The number of esters is 1. The minimum Gasteiger partial charge on any atom is -0.433 e. The van der Waals surface area contributed by atoms with E-state index in [4.69, 9.17) is 16.3 Å². The van der Waals surface area contributed by atoms with Crippen molar-refractivity contribution < 1.29 is 19.1 Å². The maximum Gasteiger partial charge on any atom is 0.340 e. The van der Waals surface area contributed by atoms with E-state index in [0.717, 1.165) is 5.56 Å². The van der Waals surface area contributed by atoms with Crippen LogP contribution in [0.15, 0.2) is 42.5 Å². The molecule has 0 aliphatic carbocycles. The van der Waals surface area contributed by atoms with E-state index < -0.39 is 18.2 Å². The fraction of sp³-hybridized carbons (Fsp3) is 0.250. The van der Waals surface area contributed by atoms with Gasteiger partial charge in [0.15, 0.2) is 0 Å². The van der Waals surface area contributed by atoms with Crippen LogP contribution in [0.1, 0.15) is 40.6 Å². The number of halogens is 1. The van der Waals surface area contributed by atoms with Crippen molar-refractivity contribution in [3.63, 3.8) is 0 Å². The molecule has 1 N–H and O–H groups in total. The smallest absolute Gasteiger partial charge is 0.340 e. The zero-order valence-corrected chi connectivity index (χ0v) is 15.3. The van der Waals surface area contributed by atoms with E-state index in [1.54, 1.807) is 36.4 Å². The molecule has 0 aromatic heterocycles. The predicted octanol–water partition coefficient (Wildman–Crippen LogP) is 3.45. The third kappa shape index (κ3) is 3.06. The van der Waals surface area contributed by atoms with Crippen molar-refractivity contribution in [1.29, 1.82) is 0 Å². The quantitative estimate of drug-likeness (QED) is 0.822. The summed E-state index contributed by atoms with van der Waals surface area (Å²) in [7, 11) is 0. The van der Waals surface area contributed by atoms with Gasteiger partial charge in [-0.15, -0.1) is 0 Å². The summed E-state index contributed by atoms with van der Waals surface area (Å²) in [6.45, 7) is 1.90. The average Bonchev–Trinajstić information content (AvgIpc) is 3.18. The fourth-order valence-corrected chi connectivity index (χ4v) is 3.81. The molecule has 2 aliphatic heterocycles. The number of hydrogen-bond acceptors (Lipinski definition) is 4. The minimum atomic E-state index is -0.882. The molecule has 1 fully saturated rings. The van der Waals surface area contributed by atoms with Gasteiger partial charge < -0.3 is 10.1 Å². The van der Waals surface area contributed by atoms with Gasteiger partial charge >= 0.3 is 5.97 Å². The Morgan fingerprint density at radius 1 is 1.22 bits per heavy atom. The second kappa shape index (κ2) is 6.70. The molecule has 4 rings (SSSR count). The van der Waals surface area contributed by atoms with E-state index in [2.05, 4.69) is 5.32 Å². The number of nitrogens with one attached hydrogen (secondary N) is 1. The van der Waals surface area contributed by atoms with Crippen LogP contribution >= 0.6 is 11.6 Å². The highest BCUT2D eigenvalue weighted by atomic mass is 35.5. The van der Waals surface area contributed by atoms with Gasteiger partial charge in [0.1, 0.15) is 6.04 Å². The van der Waals surface area contributed by atoms with E-state index in [1.165, 1.54) is 4.90 Å². The van der Waals surface area contributed by atoms with Crippen molar-refractivity contribution in [2.45, 2.75) is 32.0 Å². The number of ether oxygens (including phenoxy) is 1.